The Morgan fingerprint density at radius 3 is 1.68 bits per heavy atom. The van der Waals surface area contributed by atoms with Gasteiger partial charge in [-0.1, -0.05) is 54.1 Å². The normalized spacial score (nSPS) is 11.8. The van der Waals surface area contributed by atoms with Crippen molar-refractivity contribution in [1.82, 2.24) is 0 Å². The summed E-state index contributed by atoms with van der Waals surface area (Å²) in [6.45, 7) is 14.3. The van der Waals surface area contributed by atoms with Gasteiger partial charge in [-0.15, -0.1) is 36.8 Å². The molecule has 0 fully saturated rings. The van der Waals surface area contributed by atoms with E-state index >= 15 is 0 Å². The van der Waals surface area contributed by atoms with Crippen LogP contribution in [0.1, 0.15) is 47.5 Å². The topological polar surface area (TPSA) is 23.8 Å². The molecule has 1 rings (SSSR count). The van der Waals surface area contributed by atoms with Gasteiger partial charge in [0.05, 0.1) is 0 Å². The molecule has 0 aliphatic heterocycles. The number of nitrogens with one attached hydrogen (secondary N) is 1. The molecule has 0 heterocycles. The average molecular weight is 359 g/mol. The largest absolute Gasteiger partial charge is 2.00 e. The quantitative estimate of drug-likeness (QED) is 0.425. The minimum atomic E-state index is -0.250. The van der Waals surface area contributed by atoms with E-state index < -0.39 is 0 Å². The molecule has 0 bridgehead atoms. The number of allylic oxidation sites excluding steroid dienone is 4. The van der Waals surface area contributed by atoms with Gasteiger partial charge < -0.3 is 5.73 Å². The molecule has 1 aliphatic rings. The van der Waals surface area contributed by atoms with E-state index in [1.165, 1.54) is 17.6 Å². The van der Waals surface area contributed by atoms with Crippen molar-refractivity contribution in [2.45, 2.75) is 66.1 Å². The van der Waals surface area contributed by atoms with Crippen molar-refractivity contribution in [3.63, 3.8) is 0 Å². The summed E-state index contributed by atoms with van der Waals surface area (Å²) in [4.78, 5) is 0. The zero-order valence-corrected chi connectivity index (χ0v) is 17.7. The molecule has 5 heteroatoms. The van der Waals surface area contributed by atoms with Crippen LogP contribution in [0.25, 0.3) is 5.73 Å². The van der Waals surface area contributed by atoms with Crippen LogP contribution < -0.4 is 0 Å². The number of hydrogen-bond donors (Lipinski definition) is 0. The molecule has 0 unspecified atom stereocenters. The summed E-state index contributed by atoms with van der Waals surface area (Å²) >= 11 is 0. The predicted octanol–water partition coefficient (Wildman–Crippen LogP) is 5.67. The average Bonchev–Trinajstić information content (AvgIpc) is 2.49. The van der Waals surface area contributed by atoms with Gasteiger partial charge >= 0.3 is 21.7 Å². The van der Waals surface area contributed by atoms with Crippen molar-refractivity contribution in [2.24, 2.45) is 0 Å². The zero-order chi connectivity index (χ0) is 13.2. The predicted molar refractivity (Wildman–Crippen MR) is 92.9 cm³/mol. The van der Waals surface area contributed by atoms with Crippen LogP contribution in [0.2, 0.25) is 13.1 Å². The van der Waals surface area contributed by atoms with E-state index in [0.717, 1.165) is 15.9 Å². The molecule has 1 aliphatic carbocycles. The smallest absolute Gasteiger partial charge is 0.673 e. The van der Waals surface area contributed by atoms with Crippen molar-refractivity contribution in [3.8, 4) is 0 Å². The second-order valence-corrected chi connectivity index (χ2v) is 6.17. The fourth-order valence-electron chi connectivity index (χ4n) is 0.968. The van der Waals surface area contributed by atoms with Crippen LogP contribution in [-0.4, -0.2) is 15.1 Å². The Balaban J connectivity index is -0.0000000531. The van der Waals surface area contributed by atoms with E-state index in [4.69, 9.17) is 5.73 Å². The molecule has 0 amide bonds. The third-order valence-electron chi connectivity index (χ3n) is 1.57. The van der Waals surface area contributed by atoms with Gasteiger partial charge in [-0.3, -0.25) is 6.08 Å². The summed E-state index contributed by atoms with van der Waals surface area (Å²) in [6, 6.07) is 0. The number of halogens is 2. The van der Waals surface area contributed by atoms with E-state index in [1.54, 1.807) is 0 Å². The van der Waals surface area contributed by atoms with E-state index in [1.807, 2.05) is 20.8 Å². The van der Waals surface area contributed by atoms with Gasteiger partial charge in [0.15, 0.2) is 0 Å². The second kappa shape index (κ2) is 19.0. The first-order chi connectivity index (χ1) is 7.26. The van der Waals surface area contributed by atoms with Crippen molar-refractivity contribution < 1.29 is 21.7 Å². The third kappa shape index (κ3) is 32.5. The maximum atomic E-state index is 6.94. The molecular formula is C14H30Cl2NSiTi. The molecule has 1 radical (unpaired) electrons. The van der Waals surface area contributed by atoms with Crippen molar-refractivity contribution >= 4 is 34.3 Å². The first-order valence-electron chi connectivity index (χ1n) is 6.00. The van der Waals surface area contributed by atoms with Gasteiger partial charge in [0.1, 0.15) is 0 Å². The second-order valence-electron chi connectivity index (χ2n) is 5.01. The molecule has 19 heavy (non-hydrogen) atoms. The Labute approximate surface area is 150 Å². The Hall–Kier alpha value is 0.951. The zero-order valence-electron chi connectivity index (χ0n) is 13.4. The minimum absolute atomic E-state index is 0. The fourth-order valence-corrected chi connectivity index (χ4v) is 0.968. The summed E-state index contributed by atoms with van der Waals surface area (Å²) < 4.78 is 0. The molecule has 0 saturated heterocycles. The Morgan fingerprint density at radius 2 is 1.58 bits per heavy atom. The molecule has 0 spiro atoms. The van der Waals surface area contributed by atoms with Gasteiger partial charge in [-0.2, -0.15) is 11.1 Å². The van der Waals surface area contributed by atoms with E-state index in [2.05, 4.69) is 39.1 Å². The van der Waals surface area contributed by atoms with Crippen LogP contribution in [0, 0.1) is 6.08 Å². The summed E-state index contributed by atoms with van der Waals surface area (Å²) in [5, 5.41) is 0. The van der Waals surface area contributed by atoms with E-state index in [9.17, 15) is 0 Å². The summed E-state index contributed by atoms with van der Waals surface area (Å²) in [7, 11) is 0.750. The van der Waals surface area contributed by atoms with Crippen molar-refractivity contribution in [1.29, 1.82) is 0 Å². The fraction of sp³-hybridized carbons (Fsp3) is 0.714. The van der Waals surface area contributed by atoms with Gasteiger partial charge in [0.2, 0.25) is 0 Å². The van der Waals surface area contributed by atoms with Crippen LogP contribution >= 0.6 is 24.8 Å². The summed E-state index contributed by atoms with van der Waals surface area (Å²) in [5.74, 6) is 0. The monoisotopic (exact) mass is 358 g/mol. The number of hydrogen-bond acceptors (Lipinski definition) is 0. The SMILES string of the molecule is CC(C)(C)[NH-].CCC1=C(C)C[C-]=C1.C[SiH]C.Cl.Cl.[Ti+2]. The summed E-state index contributed by atoms with van der Waals surface area (Å²) in [6.07, 6.45) is 7.50. The maximum Gasteiger partial charge on any atom is 2.00 e. The van der Waals surface area contributed by atoms with Crippen molar-refractivity contribution in [2.75, 3.05) is 0 Å². The Kier molecular flexibility index (Phi) is 32.0. The van der Waals surface area contributed by atoms with Crippen LogP contribution in [-0.2, 0) is 21.7 Å². The maximum absolute atomic E-state index is 6.94. The Bertz CT molecular complexity index is 230. The standard InChI is InChI=1S/C8H11.C4H10N.C2H7Si.2ClH.Ti/c1-3-8-6-4-5-7(8)2;1-4(2,3)5;1-3-2;;;/h6H,3,5H2,1-2H3;5H,1-3H3;3H,1-2H3;2*1H;/q2*-1;;;;+2. The van der Waals surface area contributed by atoms with Crippen LogP contribution in [0.5, 0.6) is 0 Å². The molecular weight excluding hydrogens is 329 g/mol. The molecule has 1 nitrogen and oxygen atoms in total. The molecule has 0 aromatic rings. The van der Waals surface area contributed by atoms with E-state index in [-0.39, 0.29) is 52.1 Å². The third-order valence-corrected chi connectivity index (χ3v) is 1.57. The van der Waals surface area contributed by atoms with Gasteiger partial charge in [0.25, 0.3) is 0 Å². The van der Waals surface area contributed by atoms with Crippen LogP contribution in [0.15, 0.2) is 17.2 Å². The van der Waals surface area contributed by atoms with Crippen molar-refractivity contribution in [3.05, 3.63) is 29.0 Å². The first kappa shape index (κ1) is 32.1. The summed E-state index contributed by atoms with van der Waals surface area (Å²) in [5.41, 5.74) is 9.66. The van der Waals surface area contributed by atoms with Crippen LogP contribution in [0.3, 0.4) is 0 Å². The molecule has 1 N–H and O–H groups in total. The molecule has 0 aromatic heterocycles. The molecule has 113 valence electrons. The molecule has 0 atom stereocenters. The van der Waals surface area contributed by atoms with Gasteiger partial charge in [-0.05, 0) is 0 Å². The first-order valence-corrected chi connectivity index (χ1v) is 8.31. The van der Waals surface area contributed by atoms with E-state index in [0.29, 0.717) is 0 Å². The van der Waals surface area contributed by atoms with Gasteiger partial charge in [-0.25, -0.2) is 6.08 Å². The molecule has 0 aromatic carbocycles. The Morgan fingerprint density at radius 1 is 1.26 bits per heavy atom. The minimum Gasteiger partial charge on any atom is -0.673 e. The van der Waals surface area contributed by atoms with Crippen LogP contribution in [0.4, 0.5) is 0 Å². The van der Waals surface area contributed by atoms with Gasteiger partial charge in [0, 0.05) is 9.52 Å². The number of rotatable bonds is 1. The molecule has 0 saturated carbocycles.